The van der Waals surface area contributed by atoms with Crippen molar-refractivity contribution in [3.63, 3.8) is 0 Å². The van der Waals surface area contributed by atoms with Gasteiger partial charge in [-0.25, -0.2) is 4.79 Å². The number of para-hydroxylation sites is 1. The summed E-state index contributed by atoms with van der Waals surface area (Å²) in [5.74, 6) is -2.84. The minimum absolute atomic E-state index is 0.00522. The average Bonchev–Trinajstić information content (AvgIpc) is 3.48. The minimum atomic E-state index is -0.832. The first-order chi connectivity index (χ1) is 27.1. The monoisotopic (exact) mass is 774 g/mol. The molecule has 14 nitrogen and oxygen atoms in total. The van der Waals surface area contributed by atoms with Crippen molar-refractivity contribution in [3.05, 3.63) is 65.2 Å². The second-order valence-electron chi connectivity index (χ2n) is 14.5. The third-order valence-corrected chi connectivity index (χ3v) is 9.65. The van der Waals surface area contributed by atoms with Crippen LogP contribution in [0.25, 0.3) is 0 Å². The second kappa shape index (κ2) is 23.7. The predicted octanol–water partition coefficient (Wildman–Crippen LogP) is 4.82. The average molecular weight is 775 g/mol. The molecule has 56 heavy (non-hydrogen) atoms. The summed E-state index contributed by atoms with van der Waals surface area (Å²) < 4.78 is 0. The number of fused-ring (bicyclic) bond motifs is 2. The molecule has 5 amide bonds. The number of amides is 5. The Labute approximate surface area is 330 Å². The van der Waals surface area contributed by atoms with Gasteiger partial charge in [0.25, 0.3) is 11.8 Å². The lowest BCUT2D eigenvalue weighted by atomic mass is 9.95. The summed E-state index contributed by atoms with van der Waals surface area (Å²) in [5, 5.41) is 13.5. The standard InChI is InChI=1S/C42H58N6O8/c1-31(2)46-55-29-12-4-3-10-26-43-27-11-9-17-35(45-37(49)19-13-20-41(53)56-48-39(51)23-24-40(48)52)42(54)44-28-25-38(50)47-30-34-16-6-5-14-32(34)21-22-33-15-7-8-18-36(33)47/h5-8,14-16,18,35,43H,3-4,9-13,17,19-30H2,1-2H3,(H,44,54)(H,45,49). The number of imide groups is 1. The Kier molecular flexibility index (Phi) is 18.5. The number of benzene rings is 2. The van der Waals surface area contributed by atoms with Gasteiger partial charge in [-0.05, 0) is 107 Å². The number of nitrogens with one attached hydrogen (secondary N) is 3. The number of carbonyl (C=O) groups is 6. The van der Waals surface area contributed by atoms with Gasteiger partial charge in [0.05, 0.1) is 12.3 Å². The molecule has 0 spiro atoms. The van der Waals surface area contributed by atoms with Crippen molar-refractivity contribution in [2.45, 2.75) is 123 Å². The van der Waals surface area contributed by atoms with E-state index in [-0.39, 0.29) is 56.9 Å². The van der Waals surface area contributed by atoms with Crippen LogP contribution in [0.2, 0.25) is 0 Å². The van der Waals surface area contributed by atoms with Crippen molar-refractivity contribution in [2.24, 2.45) is 5.16 Å². The SMILES string of the molecule is CC(C)=NOCCCCCCNCCCCC(NC(=O)CCCC(=O)ON1C(=O)CCC1=O)C(=O)NCCC(=O)N1Cc2ccccc2CCc2ccccc21. The highest BCUT2D eigenvalue weighted by Gasteiger charge is 2.33. The third kappa shape index (κ3) is 14.9. The fourth-order valence-electron chi connectivity index (χ4n) is 6.64. The number of rotatable bonds is 23. The van der Waals surface area contributed by atoms with Crippen molar-refractivity contribution >= 4 is 46.9 Å². The lowest BCUT2D eigenvalue weighted by Crippen LogP contribution is -2.47. The molecule has 4 rings (SSSR count). The van der Waals surface area contributed by atoms with Crippen LogP contribution in [0.3, 0.4) is 0 Å². The zero-order chi connectivity index (χ0) is 40.1. The normalized spacial score (nSPS) is 14.2. The van der Waals surface area contributed by atoms with Gasteiger partial charge in [-0.3, -0.25) is 24.0 Å². The molecule has 2 heterocycles. The van der Waals surface area contributed by atoms with Gasteiger partial charge in [0.15, 0.2) is 0 Å². The molecule has 0 aromatic heterocycles. The van der Waals surface area contributed by atoms with Gasteiger partial charge in [0, 0.05) is 44.3 Å². The van der Waals surface area contributed by atoms with Crippen LogP contribution in [0.4, 0.5) is 5.69 Å². The van der Waals surface area contributed by atoms with E-state index in [1.165, 1.54) is 5.56 Å². The summed E-state index contributed by atoms with van der Waals surface area (Å²) in [6.45, 7) is 6.62. The number of unbranched alkanes of at least 4 members (excludes halogenated alkanes) is 4. The molecule has 1 saturated heterocycles. The quantitative estimate of drug-likeness (QED) is 0.0619. The highest BCUT2D eigenvalue weighted by Crippen LogP contribution is 2.29. The van der Waals surface area contributed by atoms with Crippen LogP contribution in [0, 0.1) is 0 Å². The van der Waals surface area contributed by atoms with Crippen LogP contribution in [0.5, 0.6) is 0 Å². The zero-order valence-corrected chi connectivity index (χ0v) is 32.9. The van der Waals surface area contributed by atoms with Gasteiger partial charge in [-0.2, -0.15) is 0 Å². The number of carbonyl (C=O) groups excluding carboxylic acids is 6. The third-order valence-electron chi connectivity index (χ3n) is 9.65. The van der Waals surface area contributed by atoms with Gasteiger partial charge in [-0.15, -0.1) is 5.06 Å². The van der Waals surface area contributed by atoms with Crippen molar-refractivity contribution < 1.29 is 38.4 Å². The zero-order valence-electron chi connectivity index (χ0n) is 32.9. The number of hydroxylamine groups is 2. The Balaban J connectivity index is 1.24. The first-order valence-corrected chi connectivity index (χ1v) is 20.0. The number of hydrogen-bond acceptors (Lipinski definition) is 10. The largest absolute Gasteiger partial charge is 0.396 e. The molecular formula is C42H58N6O8. The molecule has 0 saturated carbocycles. The maximum atomic E-state index is 13.7. The van der Waals surface area contributed by atoms with E-state index in [0.29, 0.717) is 31.1 Å². The topological polar surface area (TPSA) is 176 Å². The number of oxime groups is 1. The maximum absolute atomic E-state index is 13.7. The predicted molar refractivity (Wildman–Crippen MR) is 212 cm³/mol. The molecule has 304 valence electrons. The van der Waals surface area contributed by atoms with E-state index in [2.05, 4.69) is 39.3 Å². The van der Waals surface area contributed by atoms with E-state index in [9.17, 15) is 28.8 Å². The smallest absolute Gasteiger partial charge is 0.333 e. The molecule has 1 atom stereocenters. The summed E-state index contributed by atoms with van der Waals surface area (Å²) in [6, 6.07) is 15.2. The Morgan fingerprint density at radius 3 is 2.14 bits per heavy atom. The molecule has 2 aromatic rings. The van der Waals surface area contributed by atoms with E-state index in [4.69, 9.17) is 9.68 Å². The van der Waals surface area contributed by atoms with Crippen LogP contribution in [-0.4, -0.2) is 78.6 Å². The van der Waals surface area contributed by atoms with Gasteiger partial charge in [0.2, 0.25) is 17.7 Å². The summed E-state index contributed by atoms with van der Waals surface area (Å²) in [4.78, 5) is 87.7. The second-order valence-corrected chi connectivity index (χ2v) is 14.5. The molecule has 2 aromatic carbocycles. The van der Waals surface area contributed by atoms with Crippen molar-refractivity contribution in [2.75, 3.05) is 31.1 Å². The molecule has 1 unspecified atom stereocenters. The van der Waals surface area contributed by atoms with Gasteiger partial charge >= 0.3 is 5.97 Å². The van der Waals surface area contributed by atoms with Crippen LogP contribution >= 0.6 is 0 Å². The van der Waals surface area contributed by atoms with E-state index in [0.717, 1.165) is 80.6 Å². The molecule has 3 N–H and O–H groups in total. The lowest BCUT2D eigenvalue weighted by Gasteiger charge is -2.29. The Hall–Kier alpha value is -5.11. The summed E-state index contributed by atoms with van der Waals surface area (Å²) in [6.07, 6.45) is 7.68. The highest BCUT2D eigenvalue weighted by molar-refractivity contribution is 6.01. The van der Waals surface area contributed by atoms with Gasteiger partial charge in [0.1, 0.15) is 12.6 Å². The Morgan fingerprint density at radius 1 is 0.732 bits per heavy atom. The minimum Gasteiger partial charge on any atom is -0.396 e. The summed E-state index contributed by atoms with van der Waals surface area (Å²) in [5.41, 5.74) is 5.19. The Bertz CT molecular complexity index is 1660. The highest BCUT2D eigenvalue weighted by atomic mass is 16.7. The first kappa shape index (κ1) is 43.6. The van der Waals surface area contributed by atoms with Gasteiger partial charge in [-0.1, -0.05) is 54.0 Å². The molecule has 0 aliphatic carbocycles. The fraction of sp³-hybridized carbons (Fsp3) is 0.548. The fourth-order valence-corrected chi connectivity index (χ4v) is 6.64. The first-order valence-electron chi connectivity index (χ1n) is 20.0. The van der Waals surface area contributed by atoms with Crippen LogP contribution in [-0.2, 0) is 57.8 Å². The summed E-state index contributed by atoms with van der Waals surface area (Å²) in [7, 11) is 0. The van der Waals surface area contributed by atoms with Crippen LogP contribution in [0.1, 0.15) is 114 Å². The number of nitrogens with zero attached hydrogens (tertiary/aromatic N) is 3. The molecule has 0 radical (unpaired) electrons. The van der Waals surface area contributed by atoms with Crippen LogP contribution in [0.15, 0.2) is 53.7 Å². The Morgan fingerprint density at radius 2 is 1.39 bits per heavy atom. The van der Waals surface area contributed by atoms with E-state index >= 15 is 0 Å². The van der Waals surface area contributed by atoms with Crippen molar-refractivity contribution in [1.29, 1.82) is 0 Å². The summed E-state index contributed by atoms with van der Waals surface area (Å²) >= 11 is 0. The van der Waals surface area contributed by atoms with E-state index in [1.807, 2.05) is 44.2 Å². The lowest BCUT2D eigenvalue weighted by molar-refractivity contribution is -0.197. The molecule has 2 aliphatic heterocycles. The van der Waals surface area contributed by atoms with Crippen LogP contribution < -0.4 is 20.9 Å². The molecule has 1 fully saturated rings. The molecule has 2 aliphatic rings. The molecule has 14 heteroatoms. The molecule has 0 bridgehead atoms. The van der Waals surface area contributed by atoms with Crippen molar-refractivity contribution in [3.8, 4) is 0 Å². The van der Waals surface area contributed by atoms with Crippen molar-refractivity contribution in [1.82, 2.24) is 21.0 Å². The van der Waals surface area contributed by atoms with E-state index in [1.54, 1.807) is 4.90 Å². The van der Waals surface area contributed by atoms with E-state index < -0.39 is 29.7 Å². The molecular weight excluding hydrogens is 716 g/mol. The number of anilines is 1. The maximum Gasteiger partial charge on any atom is 0.333 e. The number of aryl methyl sites for hydroxylation is 2. The van der Waals surface area contributed by atoms with Gasteiger partial charge < -0.3 is 30.5 Å². The number of hydrogen-bond donors (Lipinski definition) is 3.